The Morgan fingerprint density at radius 1 is 1.23 bits per heavy atom. The summed E-state index contributed by atoms with van der Waals surface area (Å²) in [7, 11) is 0. The van der Waals surface area contributed by atoms with Crippen LogP contribution in [0.5, 0.6) is 0 Å². The van der Waals surface area contributed by atoms with Gasteiger partial charge in [-0.1, -0.05) is 11.6 Å². The third kappa shape index (κ3) is 3.48. The Bertz CT molecular complexity index is 1310. The molecule has 158 valence electrons. The van der Waals surface area contributed by atoms with E-state index in [0.717, 1.165) is 36.6 Å². The first-order chi connectivity index (χ1) is 15.1. The Balaban J connectivity index is 1.43. The van der Waals surface area contributed by atoms with Gasteiger partial charge in [-0.05, 0) is 50.3 Å². The highest BCUT2D eigenvalue weighted by Crippen LogP contribution is 2.34. The molecule has 0 spiro atoms. The van der Waals surface area contributed by atoms with Crippen molar-refractivity contribution in [1.82, 2.24) is 25.0 Å². The number of rotatable bonds is 4. The molecule has 1 fully saturated rings. The fourth-order valence-electron chi connectivity index (χ4n) is 4.70. The molecule has 1 aliphatic rings. The van der Waals surface area contributed by atoms with Crippen molar-refractivity contribution in [2.45, 2.75) is 38.6 Å². The van der Waals surface area contributed by atoms with Gasteiger partial charge < -0.3 is 14.4 Å². The van der Waals surface area contributed by atoms with E-state index in [-0.39, 0.29) is 17.5 Å². The molecule has 8 heteroatoms. The van der Waals surface area contributed by atoms with Gasteiger partial charge in [0, 0.05) is 42.8 Å². The first-order valence-corrected chi connectivity index (χ1v) is 10.6. The molecule has 4 heterocycles. The van der Waals surface area contributed by atoms with Crippen LogP contribution < -0.4 is 10.9 Å². The number of aromatic nitrogens is 4. The number of nitrogens with one attached hydrogen (secondary N) is 1. The lowest BCUT2D eigenvalue weighted by atomic mass is 9.85. The molecule has 2 atom stereocenters. The Morgan fingerprint density at radius 3 is 2.94 bits per heavy atom. The summed E-state index contributed by atoms with van der Waals surface area (Å²) in [6, 6.07) is 5.42. The first-order valence-electron chi connectivity index (χ1n) is 10.6. The van der Waals surface area contributed by atoms with Crippen molar-refractivity contribution in [2.24, 2.45) is 5.92 Å². The molecule has 0 saturated heterocycles. The summed E-state index contributed by atoms with van der Waals surface area (Å²) in [6.45, 7) is 2.34. The van der Waals surface area contributed by atoms with E-state index in [4.69, 9.17) is 4.52 Å². The van der Waals surface area contributed by atoms with E-state index >= 15 is 0 Å². The Morgan fingerprint density at radius 2 is 2.10 bits per heavy atom. The summed E-state index contributed by atoms with van der Waals surface area (Å²) in [4.78, 5) is 34.1. The van der Waals surface area contributed by atoms with Crippen LogP contribution in [0.4, 0.5) is 0 Å². The first kappa shape index (κ1) is 19.4. The van der Waals surface area contributed by atoms with Crippen LogP contribution in [0, 0.1) is 12.8 Å². The molecule has 1 N–H and O–H groups in total. The van der Waals surface area contributed by atoms with E-state index in [9.17, 15) is 9.59 Å². The average molecular weight is 417 g/mol. The van der Waals surface area contributed by atoms with Crippen molar-refractivity contribution in [2.75, 3.05) is 6.54 Å². The molecular formula is C23H23N5O3. The van der Waals surface area contributed by atoms with Gasteiger partial charge in [-0.25, -0.2) is 0 Å². The van der Waals surface area contributed by atoms with E-state index in [1.54, 1.807) is 43.8 Å². The van der Waals surface area contributed by atoms with Crippen molar-refractivity contribution in [3.63, 3.8) is 0 Å². The van der Waals surface area contributed by atoms with Gasteiger partial charge in [-0.15, -0.1) is 0 Å². The predicted octanol–water partition coefficient (Wildman–Crippen LogP) is 3.40. The number of fused-ring (bicyclic) bond motifs is 3. The van der Waals surface area contributed by atoms with Gasteiger partial charge in [0.1, 0.15) is 16.7 Å². The molecule has 31 heavy (non-hydrogen) atoms. The van der Waals surface area contributed by atoms with Gasteiger partial charge >= 0.3 is 0 Å². The zero-order valence-electron chi connectivity index (χ0n) is 17.2. The normalized spacial score (nSPS) is 19.0. The predicted molar refractivity (Wildman–Crippen MR) is 116 cm³/mol. The number of hydrogen-bond donors (Lipinski definition) is 1. The molecule has 0 bridgehead atoms. The number of aryl methyl sites for hydroxylation is 1. The molecule has 1 saturated carbocycles. The zero-order chi connectivity index (χ0) is 21.4. The van der Waals surface area contributed by atoms with Crippen molar-refractivity contribution < 1.29 is 9.32 Å². The van der Waals surface area contributed by atoms with E-state index < -0.39 is 0 Å². The number of carbonyl (C=O) groups is 1. The molecule has 0 aliphatic heterocycles. The van der Waals surface area contributed by atoms with Crippen LogP contribution in [0.15, 0.2) is 52.3 Å². The van der Waals surface area contributed by atoms with Crippen LogP contribution in [-0.4, -0.2) is 32.1 Å². The largest absolute Gasteiger partial charge is 0.360 e. The topological polar surface area (TPSA) is 103 Å². The fourth-order valence-corrected chi connectivity index (χ4v) is 4.70. The second-order valence-corrected chi connectivity index (χ2v) is 8.17. The molecular weight excluding hydrogens is 394 g/mol. The van der Waals surface area contributed by atoms with Gasteiger partial charge in [0.15, 0.2) is 0 Å². The van der Waals surface area contributed by atoms with Crippen LogP contribution in [-0.2, 0) is 0 Å². The maximum Gasteiger partial charge on any atom is 0.264 e. The van der Waals surface area contributed by atoms with E-state index in [1.165, 1.54) is 0 Å². The van der Waals surface area contributed by atoms with Gasteiger partial charge in [-0.3, -0.25) is 19.6 Å². The smallest absolute Gasteiger partial charge is 0.264 e. The lowest BCUT2D eigenvalue weighted by Crippen LogP contribution is -2.34. The highest BCUT2D eigenvalue weighted by atomic mass is 16.5. The van der Waals surface area contributed by atoms with E-state index in [2.05, 4.69) is 20.4 Å². The SMILES string of the molecule is Cc1onc2c1c(=O)n(C1CCCC(CNC(=O)c3cccnc3)C1)c1ccncc21. The monoisotopic (exact) mass is 417 g/mol. The second-order valence-electron chi connectivity index (χ2n) is 8.17. The maximum atomic E-state index is 13.4. The molecule has 4 aromatic rings. The number of nitrogens with zero attached hydrogens (tertiary/aromatic N) is 4. The Hall–Kier alpha value is -3.55. The highest BCUT2D eigenvalue weighted by molar-refractivity contribution is 6.03. The molecule has 8 nitrogen and oxygen atoms in total. The zero-order valence-corrected chi connectivity index (χ0v) is 17.2. The molecule has 2 unspecified atom stereocenters. The van der Waals surface area contributed by atoms with E-state index in [1.807, 2.05) is 10.6 Å². The van der Waals surface area contributed by atoms with Crippen LogP contribution in [0.25, 0.3) is 21.8 Å². The molecule has 4 aromatic heterocycles. The number of pyridine rings is 3. The summed E-state index contributed by atoms with van der Waals surface area (Å²) in [5, 5.41) is 8.47. The quantitative estimate of drug-likeness (QED) is 0.546. The summed E-state index contributed by atoms with van der Waals surface area (Å²) >= 11 is 0. The minimum absolute atomic E-state index is 0.0464. The van der Waals surface area contributed by atoms with Crippen LogP contribution in [0.3, 0.4) is 0 Å². The second kappa shape index (κ2) is 7.94. The average Bonchev–Trinajstić information content (AvgIpc) is 3.21. The minimum Gasteiger partial charge on any atom is -0.360 e. The molecule has 1 aliphatic carbocycles. The lowest BCUT2D eigenvalue weighted by Gasteiger charge is -2.31. The maximum absolute atomic E-state index is 13.4. The van der Waals surface area contributed by atoms with Crippen molar-refractivity contribution in [1.29, 1.82) is 0 Å². The summed E-state index contributed by atoms with van der Waals surface area (Å²) in [5.41, 5.74) is 1.87. The fraction of sp³-hybridized carbons (Fsp3) is 0.348. The minimum atomic E-state index is -0.120. The molecule has 1 amide bonds. The number of hydrogen-bond acceptors (Lipinski definition) is 6. The Kier molecular flexibility index (Phi) is 4.97. The summed E-state index contributed by atoms with van der Waals surface area (Å²) < 4.78 is 7.22. The molecule has 0 aromatic carbocycles. The highest BCUT2D eigenvalue weighted by Gasteiger charge is 2.27. The summed E-state index contributed by atoms with van der Waals surface area (Å²) in [6.07, 6.45) is 10.4. The standard InChI is InChI=1S/C23H23N5O3/c1-14-20-21(27-31-14)18-13-25-9-7-19(18)28(23(20)30)17-6-2-4-15(10-17)11-26-22(29)16-5-3-8-24-12-16/h3,5,7-9,12-13,15,17H,2,4,6,10-11H2,1H3,(H,26,29). The Labute approximate surface area is 178 Å². The third-order valence-corrected chi connectivity index (χ3v) is 6.20. The van der Waals surface area contributed by atoms with Gasteiger partial charge in [0.2, 0.25) is 0 Å². The number of carbonyl (C=O) groups excluding carboxylic acids is 1. The van der Waals surface area contributed by atoms with E-state index in [0.29, 0.717) is 34.7 Å². The van der Waals surface area contributed by atoms with Crippen LogP contribution in [0.2, 0.25) is 0 Å². The van der Waals surface area contributed by atoms with Gasteiger partial charge in [0.05, 0.1) is 11.1 Å². The van der Waals surface area contributed by atoms with Gasteiger partial charge in [-0.2, -0.15) is 0 Å². The molecule has 0 radical (unpaired) electrons. The number of amides is 1. The van der Waals surface area contributed by atoms with Crippen LogP contribution >= 0.6 is 0 Å². The van der Waals surface area contributed by atoms with Gasteiger partial charge in [0.25, 0.3) is 11.5 Å². The van der Waals surface area contributed by atoms with Crippen LogP contribution in [0.1, 0.15) is 47.8 Å². The van der Waals surface area contributed by atoms with Crippen molar-refractivity contribution >= 4 is 27.7 Å². The van der Waals surface area contributed by atoms with Crippen molar-refractivity contribution in [3.05, 3.63) is 64.7 Å². The third-order valence-electron chi connectivity index (χ3n) is 6.20. The van der Waals surface area contributed by atoms with Crippen molar-refractivity contribution in [3.8, 4) is 0 Å². The summed E-state index contributed by atoms with van der Waals surface area (Å²) in [5.74, 6) is 0.698. The lowest BCUT2D eigenvalue weighted by molar-refractivity contribution is 0.0940. The molecule has 5 rings (SSSR count).